The normalized spacial score (nSPS) is 15.0. The molecule has 1 saturated heterocycles. The van der Waals surface area contributed by atoms with Gasteiger partial charge in [0.25, 0.3) is 0 Å². The number of nitrogens with one attached hydrogen (secondary N) is 2. The monoisotopic (exact) mass is 509 g/mol. The summed E-state index contributed by atoms with van der Waals surface area (Å²) >= 11 is 0. The van der Waals surface area contributed by atoms with Crippen LogP contribution >= 0.6 is 24.0 Å². The molecule has 3 rings (SSSR count). The third-order valence-electron chi connectivity index (χ3n) is 4.94. The van der Waals surface area contributed by atoms with Gasteiger partial charge >= 0.3 is 0 Å². The summed E-state index contributed by atoms with van der Waals surface area (Å²) in [7, 11) is 0. The van der Waals surface area contributed by atoms with Gasteiger partial charge in [0.05, 0.1) is 6.54 Å². The number of piperazine rings is 1. The van der Waals surface area contributed by atoms with Gasteiger partial charge < -0.3 is 15.5 Å². The van der Waals surface area contributed by atoms with E-state index in [1.165, 1.54) is 11.1 Å². The summed E-state index contributed by atoms with van der Waals surface area (Å²) in [5.41, 5.74) is 2.54. The molecule has 1 aliphatic heterocycles. The van der Waals surface area contributed by atoms with Crippen LogP contribution in [0.1, 0.15) is 18.1 Å². The Morgan fingerprint density at radius 2 is 1.76 bits per heavy atom. The van der Waals surface area contributed by atoms with Gasteiger partial charge in [-0.3, -0.25) is 4.90 Å². The molecule has 1 aliphatic rings. The van der Waals surface area contributed by atoms with Gasteiger partial charge in [0, 0.05) is 58.2 Å². The number of aliphatic imine (C=N–C) groups is 1. The second-order valence-electron chi connectivity index (χ2n) is 6.93. The maximum atomic E-state index is 4.73. The van der Waals surface area contributed by atoms with Crippen molar-refractivity contribution in [3.05, 3.63) is 53.9 Å². The molecule has 29 heavy (non-hydrogen) atoms. The summed E-state index contributed by atoms with van der Waals surface area (Å²) in [6, 6.07) is 10.3. The molecule has 8 heteroatoms. The van der Waals surface area contributed by atoms with Gasteiger partial charge in [-0.15, -0.1) is 24.0 Å². The smallest absolute Gasteiger partial charge is 0.225 e. The fourth-order valence-corrected chi connectivity index (χ4v) is 3.25. The highest BCUT2D eigenvalue weighted by Gasteiger charge is 2.18. The lowest BCUT2D eigenvalue weighted by atomic mass is 10.1. The van der Waals surface area contributed by atoms with Crippen molar-refractivity contribution in [1.82, 2.24) is 25.5 Å². The molecule has 158 valence electrons. The number of aryl methyl sites for hydroxylation is 1. The predicted molar refractivity (Wildman–Crippen MR) is 130 cm³/mol. The zero-order valence-corrected chi connectivity index (χ0v) is 19.7. The van der Waals surface area contributed by atoms with E-state index in [4.69, 9.17) is 4.99 Å². The van der Waals surface area contributed by atoms with Crippen LogP contribution in [0.25, 0.3) is 0 Å². The van der Waals surface area contributed by atoms with Gasteiger partial charge in [-0.1, -0.05) is 24.3 Å². The Morgan fingerprint density at radius 3 is 2.45 bits per heavy atom. The summed E-state index contributed by atoms with van der Waals surface area (Å²) in [6.45, 7) is 11.6. The predicted octanol–water partition coefficient (Wildman–Crippen LogP) is 2.28. The van der Waals surface area contributed by atoms with E-state index in [9.17, 15) is 0 Å². The molecule has 0 atom stereocenters. The average Bonchev–Trinajstić information content (AvgIpc) is 2.74. The van der Waals surface area contributed by atoms with Gasteiger partial charge in [-0.2, -0.15) is 0 Å². The largest absolute Gasteiger partial charge is 0.357 e. The van der Waals surface area contributed by atoms with Crippen LogP contribution in [0.3, 0.4) is 0 Å². The van der Waals surface area contributed by atoms with Crippen molar-refractivity contribution in [1.29, 1.82) is 0 Å². The first-order chi connectivity index (χ1) is 13.8. The van der Waals surface area contributed by atoms with Gasteiger partial charge in [0.2, 0.25) is 5.95 Å². The number of benzene rings is 1. The molecule has 2 heterocycles. The van der Waals surface area contributed by atoms with Crippen LogP contribution in [-0.4, -0.2) is 66.6 Å². The first-order valence-corrected chi connectivity index (χ1v) is 10.1. The Labute approximate surface area is 191 Å². The van der Waals surface area contributed by atoms with E-state index in [-0.39, 0.29) is 24.0 Å². The molecule has 0 bridgehead atoms. The van der Waals surface area contributed by atoms with Crippen molar-refractivity contribution >= 4 is 35.9 Å². The molecule has 0 unspecified atom stereocenters. The lowest BCUT2D eigenvalue weighted by Gasteiger charge is -2.34. The van der Waals surface area contributed by atoms with Crippen LogP contribution in [0.4, 0.5) is 5.95 Å². The van der Waals surface area contributed by atoms with E-state index in [1.54, 1.807) is 12.4 Å². The Balaban J connectivity index is 0.00000300. The van der Waals surface area contributed by atoms with Crippen molar-refractivity contribution in [3.63, 3.8) is 0 Å². The average molecular weight is 509 g/mol. The van der Waals surface area contributed by atoms with Crippen molar-refractivity contribution < 1.29 is 0 Å². The maximum Gasteiger partial charge on any atom is 0.225 e. The molecule has 1 aromatic carbocycles. The van der Waals surface area contributed by atoms with Gasteiger partial charge in [-0.05, 0) is 31.0 Å². The molecular formula is C21H32IN7. The van der Waals surface area contributed by atoms with Crippen molar-refractivity contribution in [3.8, 4) is 0 Å². The number of aromatic nitrogens is 2. The molecule has 2 N–H and O–H groups in total. The Bertz CT molecular complexity index is 746. The number of hydrogen-bond donors (Lipinski definition) is 2. The minimum Gasteiger partial charge on any atom is -0.357 e. The highest BCUT2D eigenvalue weighted by molar-refractivity contribution is 14.0. The van der Waals surface area contributed by atoms with Crippen LogP contribution in [0.2, 0.25) is 0 Å². The number of halogens is 1. The fraction of sp³-hybridized carbons (Fsp3) is 0.476. The standard InChI is InChI=1S/C21H31N7.HI/c1-3-22-20(26-17-19-8-5-4-7-18(19)2)23-11-12-27-13-15-28(16-14-27)21-24-9-6-10-25-21;/h4-10H,3,11-17H2,1-2H3,(H2,22,23,26);1H. The molecule has 0 aliphatic carbocycles. The van der Waals surface area contributed by atoms with E-state index in [2.05, 4.69) is 68.5 Å². The van der Waals surface area contributed by atoms with E-state index in [1.807, 2.05) is 6.07 Å². The summed E-state index contributed by atoms with van der Waals surface area (Å²) in [5.74, 6) is 1.71. The summed E-state index contributed by atoms with van der Waals surface area (Å²) < 4.78 is 0. The third kappa shape index (κ3) is 7.43. The van der Waals surface area contributed by atoms with Crippen LogP contribution in [0.5, 0.6) is 0 Å². The first-order valence-electron chi connectivity index (χ1n) is 10.1. The quantitative estimate of drug-likeness (QED) is 0.339. The van der Waals surface area contributed by atoms with Crippen LogP contribution in [-0.2, 0) is 6.54 Å². The second-order valence-corrected chi connectivity index (χ2v) is 6.93. The van der Waals surface area contributed by atoms with E-state index in [0.29, 0.717) is 6.54 Å². The summed E-state index contributed by atoms with van der Waals surface area (Å²) in [6.07, 6.45) is 3.61. The van der Waals surface area contributed by atoms with Crippen molar-refractivity contribution in [2.45, 2.75) is 20.4 Å². The minimum absolute atomic E-state index is 0. The zero-order valence-electron chi connectivity index (χ0n) is 17.3. The molecular weight excluding hydrogens is 477 g/mol. The third-order valence-corrected chi connectivity index (χ3v) is 4.94. The zero-order chi connectivity index (χ0) is 19.6. The molecule has 1 fully saturated rings. The molecule has 1 aromatic heterocycles. The van der Waals surface area contributed by atoms with Gasteiger partial charge in [0.15, 0.2) is 5.96 Å². The summed E-state index contributed by atoms with van der Waals surface area (Å²) in [4.78, 5) is 18.1. The molecule has 2 aromatic rings. The number of guanidine groups is 1. The number of nitrogens with zero attached hydrogens (tertiary/aromatic N) is 5. The van der Waals surface area contributed by atoms with Gasteiger partial charge in [0.1, 0.15) is 0 Å². The molecule has 0 radical (unpaired) electrons. The summed E-state index contributed by atoms with van der Waals surface area (Å²) in [5, 5.41) is 6.79. The first kappa shape index (κ1) is 23.3. The lowest BCUT2D eigenvalue weighted by molar-refractivity contribution is 0.260. The fourth-order valence-electron chi connectivity index (χ4n) is 3.25. The number of rotatable bonds is 7. The van der Waals surface area contributed by atoms with Crippen molar-refractivity contribution in [2.24, 2.45) is 4.99 Å². The lowest BCUT2D eigenvalue weighted by Crippen LogP contribution is -2.49. The Kier molecular flexibility index (Phi) is 10.1. The van der Waals surface area contributed by atoms with E-state index >= 15 is 0 Å². The SMILES string of the molecule is CCNC(=NCc1ccccc1C)NCCN1CCN(c2ncccn2)CC1.I. The highest BCUT2D eigenvalue weighted by atomic mass is 127. The van der Waals surface area contributed by atoms with Crippen molar-refractivity contribution in [2.75, 3.05) is 50.7 Å². The number of anilines is 1. The van der Waals surface area contributed by atoms with E-state index < -0.39 is 0 Å². The van der Waals surface area contributed by atoms with Crippen LogP contribution < -0.4 is 15.5 Å². The highest BCUT2D eigenvalue weighted by Crippen LogP contribution is 2.09. The van der Waals surface area contributed by atoms with Crippen LogP contribution in [0.15, 0.2) is 47.7 Å². The van der Waals surface area contributed by atoms with E-state index in [0.717, 1.165) is 57.7 Å². The molecule has 0 saturated carbocycles. The molecule has 0 amide bonds. The second kappa shape index (κ2) is 12.6. The molecule has 0 spiro atoms. The van der Waals surface area contributed by atoms with Gasteiger partial charge in [-0.25, -0.2) is 15.0 Å². The Hall–Kier alpha value is -1.94. The topological polar surface area (TPSA) is 68.7 Å². The number of hydrogen-bond acceptors (Lipinski definition) is 5. The Morgan fingerprint density at radius 1 is 1.03 bits per heavy atom. The maximum absolute atomic E-state index is 4.73. The van der Waals surface area contributed by atoms with Crippen LogP contribution in [0, 0.1) is 6.92 Å². The molecule has 7 nitrogen and oxygen atoms in total. The minimum atomic E-state index is 0.